The molecule has 0 atom stereocenters. The molecule has 0 spiro atoms. The monoisotopic (exact) mass is 304 g/mol. The molecular weight excluding hydrogens is 276 g/mol. The number of carbonyl (C=O) groups is 1. The number of nitrogens with zero attached hydrogens (tertiary/aromatic N) is 1. The number of piperidine rings is 1. The lowest BCUT2D eigenvalue weighted by Crippen LogP contribution is -2.63. The highest BCUT2D eigenvalue weighted by molar-refractivity contribution is 5.76. The van der Waals surface area contributed by atoms with Crippen molar-refractivity contribution < 1.29 is 9.53 Å². The van der Waals surface area contributed by atoms with Gasteiger partial charge in [0.25, 0.3) is 0 Å². The van der Waals surface area contributed by atoms with Gasteiger partial charge in [-0.15, -0.1) is 0 Å². The average molecular weight is 304 g/mol. The summed E-state index contributed by atoms with van der Waals surface area (Å²) in [5.74, 6) is -0.273. The van der Waals surface area contributed by atoms with Crippen molar-refractivity contribution in [3.8, 4) is 0 Å². The highest BCUT2D eigenvalue weighted by Crippen LogP contribution is 2.39. The van der Waals surface area contributed by atoms with Gasteiger partial charge in [0.15, 0.2) is 0 Å². The summed E-state index contributed by atoms with van der Waals surface area (Å²) in [6.07, 6.45) is 1.99. The number of nitrogens with two attached hydrogens (primary N) is 1. The van der Waals surface area contributed by atoms with Gasteiger partial charge < -0.3 is 10.5 Å². The zero-order chi connectivity index (χ0) is 16.4. The molecule has 0 bridgehead atoms. The van der Waals surface area contributed by atoms with Gasteiger partial charge >= 0.3 is 0 Å². The van der Waals surface area contributed by atoms with Gasteiger partial charge in [-0.3, -0.25) is 9.69 Å². The van der Waals surface area contributed by atoms with Crippen LogP contribution in [0.2, 0.25) is 0 Å². The van der Waals surface area contributed by atoms with Gasteiger partial charge in [-0.2, -0.15) is 0 Å². The molecule has 4 nitrogen and oxygen atoms in total. The van der Waals surface area contributed by atoms with Crippen LogP contribution in [-0.2, 0) is 16.1 Å². The largest absolute Gasteiger partial charge is 0.373 e. The molecule has 2 N–H and O–H groups in total. The van der Waals surface area contributed by atoms with Crippen molar-refractivity contribution in [2.45, 2.75) is 64.3 Å². The summed E-state index contributed by atoms with van der Waals surface area (Å²) >= 11 is 0. The van der Waals surface area contributed by atoms with E-state index in [1.165, 1.54) is 5.56 Å². The summed E-state index contributed by atoms with van der Waals surface area (Å²) in [7, 11) is 0. The van der Waals surface area contributed by atoms with Crippen molar-refractivity contribution in [2.75, 3.05) is 6.54 Å². The first-order chi connectivity index (χ1) is 10.2. The van der Waals surface area contributed by atoms with E-state index in [0.29, 0.717) is 13.2 Å². The van der Waals surface area contributed by atoms with Crippen LogP contribution in [0.15, 0.2) is 30.3 Å². The molecule has 1 aliphatic rings. The molecule has 1 amide bonds. The normalized spacial score (nSPS) is 21.6. The molecule has 22 heavy (non-hydrogen) atoms. The fraction of sp³-hybridized carbons (Fsp3) is 0.611. The SMILES string of the molecule is CC1(C)CC(OCc2ccccc2)CC(C)(C)N1CC(N)=O. The van der Waals surface area contributed by atoms with Crippen molar-refractivity contribution in [3.63, 3.8) is 0 Å². The van der Waals surface area contributed by atoms with Crippen LogP contribution in [-0.4, -0.2) is 34.5 Å². The van der Waals surface area contributed by atoms with Crippen molar-refractivity contribution in [1.29, 1.82) is 0 Å². The van der Waals surface area contributed by atoms with Crippen LogP contribution in [0, 0.1) is 0 Å². The highest BCUT2D eigenvalue weighted by atomic mass is 16.5. The maximum absolute atomic E-state index is 11.4. The molecule has 1 saturated heterocycles. The van der Waals surface area contributed by atoms with Gasteiger partial charge in [0, 0.05) is 11.1 Å². The number of likely N-dealkylation sites (tertiary alicyclic amines) is 1. The van der Waals surface area contributed by atoms with E-state index in [9.17, 15) is 4.79 Å². The van der Waals surface area contributed by atoms with Crippen molar-refractivity contribution >= 4 is 5.91 Å². The molecular formula is C18H28N2O2. The number of benzene rings is 1. The smallest absolute Gasteiger partial charge is 0.231 e. The number of carbonyl (C=O) groups excluding carboxylic acids is 1. The average Bonchev–Trinajstić information content (AvgIpc) is 2.41. The Morgan fingerprint density at radius 2 is 1.73 bits per heavy atom. The van der Waals surface area contributed by atoms with E-state index < -0.39 is 0 Å². The molecule has 1 fully saturated rings. The first-order valence-electron chi connectivity index (χ1n) is 7.92. The van der Waals surface area contributed by atoms with E-state index >= 15 is 0 Å². The number of amides is 1. The predicted molar refractivity (Wildman–Crippen MR) is 88.3 cm³/mol. The minimum Gasteiger partial charge on any atom is -0.373 e. The Labute approximate surface area is 133 Å². The number of primary amides is 1. The van der Waals surface area contributed by atoms with E-state index in [-0.39, 0.29) is 23.1 Å². The summed E-state index contributed by atoms with van der Waals surface area (Å²) in [4.78, 5) is 13.6. The molecule has 122 valence electrons. The minimum atomic E-state index is -0.273. The van der Waals surface area contributed by atoms with Gasteiger partial charge in [-0.05, 0) is 46.1 Å². The van der Waals surface area contributed by atoms with Gasteiger partial charge in [0.05, 0.1) is 19.3 Å². The van der Waals surface area contributed by atoms with E-state index in [2.05, 4.69) is 44.7 Å². The summed E-state index contributed by atoms with van der Waals surface area (Å²) in [6.45, 7) is 9.58. The third-order valence-corrected chi connectivity index (χ3v) is 4.56. The second-order valence-electron chi connectivity index (χ2n) is 7.50. The van der Waals surface area contributed by atoms with Crippen LogP contribution < -0.4 is 5.73 Å². The number of hydrogen-bond acceptors (Lipinski definition) is 3. The molecule has 1 aromatic rings. The number of ether oxygens (including phenoxy) is 1. The molecule has 0 radical (unpaired) electrons. The topological polar surface area (TPSA) is 55.6 Å². The Kier molecular flexibility index (Phi) is 4.93. The van der Waals surface area contributed by atoms with Crippen LogP contribution in [0.1, 0.15) is 46.1 Å². The Bertz CT molecular complexity index is 493. The van der Waals surface area contributed by atoms with Crippen LogP contribution in [0.4, 0.5) is 0 Å². The standard InChI is InChI=1S/C18H28N2O2/c1-17(2)10-15(22-13-14-8-6-5-7-9-14)11-18(3,4)20(17)12-16(19)21/h5-9,15H,10-13H2,1-4H3,(H2,19,21). The molecule has 0 unspecified atom stereocenters. The van der Waals surface area contributed by atoms with Crippen LogP contribution in [0.3, 0.4) is 0 Å². The van der Waals surface area contributed by atoms with Crippen LogP contribution in [0.25, 0.3) is 0 Å². The molecule has 0 saturated carbocycles. The van der Waals surface area contributed by atoms with Gasteiger partial charge in [-0.25, -0.2) is 0 Å². The Hall–Kier alpha value is -1.39. The van der Waals surface area contributed by atoms with E-state index in [4.69, 9.17) is 10.5 Å². The molecule has 0 aliphatic carbocycles. The first-order valence-corrected chi connectivity index (χ1v) is 7.92. The molecule has 1 aliphatic heterocycles. The van der Waals surface area contributed by atoms with E-state index in [0.717, 1.165) is 12.8 Å². The lowest BCUT2D eigenvalue weighted by atomic mass is 9.78. The lowest BCUT2D eigenvalue weighted by molar-refractivity contribution is -0.134. The van der Waals surface area contributed by atoms with Crippen molar-refractivity contribution in [3.05, 3.63) is 35.9 Å². The molecule has 1 heterocycles. The summed E-state index contributed by atoms with van der Waals surface area (Å²) in [5.41, 5.74) is 6.39. The van der Waals surface area contributed by atoms with Gasteiger partial charge in [-0.1, -0.05) is 30.3 Å². The van der Waals surface area contributed by atoms with Gasteiger partial charge in [0.1, 0.15) is 0 Å². The Morgan fingerprint density at radius 3 is 2.23 bits per heavy atom. The van der Waals surface area contributed by atoms with E-state index in [1.54, 1.807) is 0 Å². The molecule has 4 heteroatoms. The van der Waals surface area contributed by atoms with Gasteiger partial charge in [0.2, 0.25) is 5.91 Å². The Balaban J connectivity index is 2.03. The fourth-order valence-electron chi connectivity index (χ4n) is 3.72. The second kappa shape index (κ2) is 6.39. The number of hydrogen-bond donors (Lipinski definition) is 1. The van der Waals surface area contributed by atoms with Crippen LogP contribution >= 0.6 is 0 Å². The summed E-state index contributed by atoms with van der Waals surface area (Å²) in [5, 5.41) is 0. The van der Waals surface area contributed by atoms with E-state index in [1.807, 2.05) is 18.2 Å². The van der Waals surface area contributed by atoms with Crippen LogP contribution in [0.5, 0.6) is 0 Å². The summed E-state index contributed by atoms with van der Waals surface area (Å²) in [6, 6.07) is 10.2. The maximum atomic E-state index is 11.4. The third-order valence-electron chi connectivity index (χ3n) is 4.56. The Morgan fingerprint density at radius 1 is 1.18 bits per heavy atom. The third kappa shape index (κ3) is 4.08. The highest BCUT2D eigenvalue weighted by Gasteiger charge is 2.46. The maximum Gasteiger partial charge on any atom is 0.231 e. The fourth-order valence-corrected chi connectivity index (χ4v) is 3.72. The summed E-state index contributed by atoms with van der Waals surface area (Å²) < 4.78 is 6.15. The first kappa shape index (κ1) is 17.0. The molecule has 2 rings (SSSR count). The lowest BCUT2D eigenvalue weighted by Gasteiger charge is -2.54. The second-order valence-corrected chi connectivity index (χ2v) is 7.50. The zero-order valence-corrected chi connectivity index (χ0v) is 14.1. The molecule has 1 aromatic carbocycles. The number of rotatable bonds is 5. The predicted octanol–water partition coefficient (Wildman–Crippen LogP) is 2.71. The van der Waals surface area contributed by atoms with Crippen molar-refractivity contribution in [2.24, 2.45) is 5.73 Å². The zero-order valence-electron chi connectivity index (χ0n) is 14.1. The van der Waals surface area contributed by atoms with Crippen molar-refractivity contribution in [1.82, 2.24) is 4.90 Å². The minimum absolute atomic E-state index is 0.113. The quantitative estimate of drug-likeness (QED) is 0.910. The molecule has 0 aromatic heterocycles.